The van der Waals surface area contributed by atoms with Gasteiger partial charge in [-0.2, -0.15) is 0 Å². The average Bonchev–Trinajstić information content (AvgIpc) is 2.74. The minimum absolute atomic E-state index is 0.249. The molecule has 4 amide bonds. The van der Waals surface area contributed by atoms with E-state index >= 15 is 0 Å². The first-order valence-electron chi connectivity index (χ1n) is 10.8. The van der Waals surface area contributed by atoms with Gasteiger partial charge in [0.2, 0.25) is 23.6 Å². The molecule has 0 radical (unpaired) electrons. The minimum Gasteiger partial charge on any atom is -0.481 e. The van der Waals surface area contributed by atoms with Gasteiger partial charge in [-0.1, -0.05) is 13.8 Å². The molecule has 0 aliphatic heterocycles. The summed E-state index contributed by atoms with van der Waals surface area (Å²) in [4.78, 5) is 82.1. The zero-order valence-corrected chi connectivity index (χ0v) is 19.5. The van der Waals surface area contributed by atoms with E-state index in [1.54, 1.807) is 13.8 Å². The molecule has 198 valence electrons. The maximum atomic E-state index is 12.8. The maximum absolute atomic E-state index is 12.8. The molecule has 15 nitrogen and oxygen atoms in total. The van der Waals surface area contributed by atoms with Crippen molar-refractivity contribution in [1.82, 2.24) is 16.0 Å². The van der Waals surface area contributed by atoms with E-state index in [-0.39, 0.29) is 18.8 Å². The molecule has 0 rings (SSSR count). The van der Waals surface area contributed by atoms with Gasteiger partial charge < -0.3 is 42.7 Å². The minimum atomic E-state index is -1.61. The number of primary amides is 1. The van der Waals surface area contributed by atoms with E-state index in [4.69, 9.17) is 21.7 Å². The number of hydrogen-bond acceptors (Lipinski definition) is 8. The summed E-state index contributed by atoms with van der Waals surface area (Å²) in [6.45, 7) is 3.33. The lowest BCUT2D eigenvalue weighted by Gasteiger charge is -2.25. The summed E-state index contributed by atoms with van der Waals surface area (Å²) >= 11 is 0. The van der Waals surface area contributed by atoms with Gasteiger partial charge in [0.05, 0.1) is 6.04 Å². The summed E-state index contributed by atoms with van der Waals surface area (Å²) in [5, 5.41) is 33.6. The molecule has 0 saturated carbocycles. The molecule has 0 spiro atoms. The summed E-state index contributed by atoms with van der Waals surface area (Å²) in [7, 11) is 0. The maximum Gasteiger partial charge on any atom is 0.326 e. The van der Waals surface area contributed by atoms with Gasteiger partial charge in [-0.3, -0.25) is 28.8 Å². The number of carboxylic acids is 3. The first-order valence-corrected chi connectivity index (χ1v) is 10.8. The zero-order chi connectivity index (χ0) is 27.3. The van der Waals surface area contributed by atoms with Gasteiger partial charge in [0, 0.05) is 19.3 Å². The van der Waals surface area contributed by atoms with Crippen LogP contribution in [-0.4, -0.2) is 81.0 Å². The number of carbonyl (C=O) groups is 7. The van der Waals surface area contributed by atoms with Crippen molar-refractivity contribution in [2.45, 2.75) is 76.5 Å². The zero-order valence-electron chi connectivity index (χ0n) is 19.5. The van der Waals surface area contributed by atoms with Crippen LogP contribution in [0.15, 0.2) is 0 Å². The van der Waals surface area contributed by atoms with Gasteiger partial charge >= 0.3 is 17.9 Å². The van der Waals surface area contributed by atoms with E-state index < -0.39 is 91.4 Å². The Morgan fingerprint density at radius 2 is 1.03 bits per heavy atom. The van der Waals surface area contributed by atoms with E-state index in [2.05, 4.69) is 16.0 Å². The van der Waals surface area contributed by atoms with E-state index in [1.165, 1.54) is 0 Å². The number of nitrogens with two attached hydrogens (primary N) is 2. The van der Waals surface area contributed by atoms with Gasteiger partial charge in [-0.15, -0.1) is 0 Å². The number of rotatable bonds is 17. The quantitative estimate of drug-likeness (QED) is 0.103. The summed E-state index contributed by atoms with van der Waals surface area (Å²) in [5.74, 6) is -7.94. The monoisotopic (exact) mass is 503 g/mol. The van der Waals surface area contributed by atoms with E-state index in [1.807, 2.05) is 0 Å². The van der Waals surface area contributed by atoms with Crippen molar-refractivity contribution in [2.75, 3.05) is 0 Å². The molecule has 4 unspecified atom stereocenters. The number of aliphatic carboxylic acids is 3. The fourth-order valence-electron chi connectivity index (χ4n) is 2.73. The van der Waals surface area contributed by atoms with Crippen molar-refractivity contribution >= 4 is 41.5 Å². The normalized spacial score (nSPS) is 14.2. The van der Waals surface area contributed by atoms with Gasteiger partial charge in [0.25, 0.3) is 0 Å². The number of carboxylic acid groups (broad SMARTS) is 3. The van der Waals surface area contributed by atoms with Crippen LogP contribution in [0.25, 0.3) is 0 Å². The molecule has 4 atom stereocenters. The van der Waals surface area contributed by atoms with Crippen LogP contribution in [0, 0.1) is 5.92 Å². The van der Waals surface area contributed by atoms with Crippen molar-refractivity contribution in [2.24, 2.45) is 17.4 Å². The second kappa shape index (κ2) is 15.2. The fourth-order valence-corrected chi connectivity index (χ4v) is 2.73. The SMILES string of the molecule is CC(C)C(N)C(=O)NC(CCC(N)=O)C(=O)NC(CCC(=O)O)C(=O)NC(CCC(=O)O)C(=O)O. The molecular formula is C20H33N5O10. The topological polar surface area (TPSA) is 268 Å². The lowest BCUT2D eigenvalue weighted by Crippen LogP contribution is -2.57. The summed E-state index contributed by atoms with van der Waals surface area (Å²) in [5.41, 5.74) is 10.9. The number of amides is 4. The van der Waals surface area contributed by atoms with Crippen LogP contribution >= 0.6 is 0 Å². The first kappa shape index (κ1) is 31.2. The van der Waals surface area contributed by atoms with Gasteiger partial charge in [-0.25, -0.2) is 4.79 Å². The molecule has 0 bridgehead atoms. The molecule has 0 fully saturated rings. The molecule has 0 aromatic rings. The van der Waals surface area contributed by atoms with Crippen LogP contribution in [0.3, 0.4) is 0 Å². The van der Waals surface area contributed by atoms with Gasteiger partial charge in [0.1, 0.15) is 18.1 Å². The Kier molecular flexibility index (Phi) is 13.6. The summed E-state index contributed by atoms with van der Waals surface area (Å²) < 4.78 is 0. The van der Waals surface area contributed by atoms with Crippen LogP contribution in [-0.2, 0) is 33.6 Å². The van der Waals surface area contributed by atoms with E-state index in [0.29, 0.717) is 0 Å². The third kappa shape index (κ3) is 12.9. The predicted molar refractivity (Wildman–Crippen MR) is 118 cm³/mol. The molecule has 0 heterocycles. The third-order valence-corrected chi connectivity index (χ3v) is 4.87. The Bertz CT molecular complexity index is 816. The standard InChI is InChI=1S/C20H33N5O10/c1-9(2)16(22)19(33)24-10(3-6-13(21)26)17(31)23-11(4-7-14(27)28)18(32)25-12(20(34)35)5-8-15(29)30/h9-12,16H,3-8,22H2,1-2H3,(H2,21,26)(H,23,31)(H,24,33)(H,25,32)(H,27,28)(H,29,30)(H,34,35). The van der Waals surface area contributed by atoms with Crippen molar-refractivity contribution in [3.8, 4) is 0 Å². The number of hydrogen-bond donors (Lipinski definition) is 8. The highest BCUT2D eigenvalue weighted by Crippen LogP contribution is 2.06. The van der Waals surface area contributed by atoms with Crippen molar-refractivity contribution in [3.05, 3.63) is 0 Å². The van der Waals surface area contributed by atoms with Crippen LogP contribution < -0.4 is 27.4 Å². The predicted octanol–water partition coefficient (Wildman–Crippen LogP) is -2.50. The van der Waals surface area contributed by atoms with Gasteiger partial charge in [0.15, 0.2) is 0 Å². The average molecular weight is 504 g/mol. The Morgan fingerprint density at radius 3 is 1.40 bits per heavy atom. The molecule has 35 heavy (non-hydrogen) atoms. The lowest BCUT2D eigenvalue weighted by atomic mass is 10.0. The lowest BCUT2D eigenvalue weighted by molar-refractivity contribution is -0.144. The largest absolute Gasteiger partial charge is 0.481 e. The highest BCUT2D eigenvalue weighted by molar-refractivity contribution is 5.94. The highest BCUT2D eigenvalue weighted by Gasteiger charge is 2.31. The summed E-state index contributed by atoms with van der Waals surface area (Å²) in [6, 6.07) is -5.51. The van der Waals surface area contributed by atoms with Crippen molar-refractivity contribution in [3.63, 3.8) is 0 Å². The van der Waals surface area contributed by atoms with E-state index in [9.17, 15) is 38.7 Å². The van der Waals surface area contributed by atoms with Gasteiger partial charge in [-0.05, 0) is 25.2 Å². The Morgan fingerprint density at radius 1 is 0.657 bits per heavy atom. The number of carbonyl (C=O) groups excluding carboxylic acids is 4. The van der Waals surface area contributed by atoms with E-state index in [0.717, 1.165) is 0 Å². The molecular weight excluding hydrogens is 470 g/mol. The second-order valence-electron chi connectivity index (χ2n) is 8.16. The van der Waals surface area contributed by atoms with Crippen LogP contribution in [0.1, 0.15) is 52.4 Å². The third-order valence-electron chi connectivity index (χ3n) is 4.87. The van der Waals surface area contributed by atoms with Crippen LogP contribution in [0.2, 0.25) is 0 Å². The molecule has 10 N–H and O–H groups in total. The number of nitrogens with one attached hydrogen (secondary N) is 3. The molecule has 0 aliphatic carbocycles. The Balaban J connectivity index is 5.65. The second-order valence-corrected chi connectivity index (χ2v) is 8.16. The first-order chi connectivity index (χ1) is 16.1. The Labute approximate surface area is 201 Å². The molecule has 0 aliphatic rings. The van der Waals surface area contributed by atoms with Crippen LogP contribution in [0.4, 0.5) is 0 Å². The summed E-state index contributed by atoms with van der Waals surface area (Å²) in [6.07, 6.45) is -2.61. The molecule has 0 saturated heterocycles. The molecule has 15 heteroatoms. The smallest absolute Gasteiger partial charge is 0.326 e. The molecule has 0 aromatic carbocycles. The van der Waals surface area contributed by atoms with Crippen LogP contribution in [0.5, 0.6) is 0 Å². The van der Waals surface area contributed by atoms with Crippen molar-refractivity contribution < 1.29 is 48.9 Å². The Hall–Kier alpha value is -3.75. The highest BCUT2D eigenvalue weighted by atomic mass is 16.4. The fraction of sp³-hybridized carbons (Fsp3) is 0.650. The van der Waals surface area contributed by atoms with Crippen molar-refractivity contribution in [1.29, 1.82) is 0 Å². The molecule has 0 aromatic heterocycles.